The van der Waals surface area contributed by atoms with Crippen molar-refractivity contribution in [3.8, 4) is 28.4 Å². The van der Waals surface area contributed by atoms with Gasteiger partial charge in [-0.2, -0.15) is 5.10 Å². The van der Waals surface area contributed by atoms with Crippen molar-refractivity contribution in [2.45, 2.75) is 6.61 Å². The maximum absolute atomic E-state index is 14.1. The van der Waals surface area contributed by atoms with Crippen molar-refractivity contribution >= 4 is 11.9 Å². The lowest BCUT2D eigenvalue weighted by atomic mass is 10.0. The minimum Gasteiger partial charge on any atom is -0.496 e. The second-order valence-corrected chi connectivity index (χ2v) is 7.69. The lowest BCUT2D eigenvalue weighted by Crippen LogP contribution is -2.15. The van der Waals surface area contributed by atoms with E-state index < -0.39 is 23.6 Å². The topological polar surface area (TPSA) is 88.9 Å². The van der Waals surface area contributed by atoms with E-state index in [0.29, 0.717) is 22.6 Å². The summed E-state index contributed by atoms with van der Waals surface area (Å²) in [4.78, 5) is 25.7. The summed E-state index contributed by atoms with van der Waals surface area (Å²) in [5, 5.41) is 4.56. The molecule has 0 amide bonds. The number of methoxy groups -OCH3 is 3. The molecule has 0 spiro atoms. The predicted molar refractivity (Wildman–Crippen MR) is 129 cm³/mol. The Labute approximate surface area is 211 Å². The molecular formula is C27H22F2N2O6. The number of hydrogen-bond acceptors (Lipinski definition) is 7. The van der Waals surface area contributed by atoms with Crippen LogP contribution in [0.5, 0.6) is 11.5 Å². The standard InChI is InChI=1S/C27H22F2N2O6/c1-34-21-11-9-16(13-17(21)15-37-22-12-10-18(28)14-20(22)29)24-23(26(32)35-2)25(27(33)36-3)31(30-24)19-7-5-4-6-8-19/h4-14H,15H2,1-3H3. The third kappa shape index (κ3) is 5.13. The molecular weight excluding hydrogens is 486 g/mol. The highest BCUT2D eigenvalue weighted by Gasteiger charge is 2.31. The van der Waals surface area contributed by atoms with Crippen LogP contribution in [-0.2, 0) is 16.1 Å². The van der Waals surface area contributed by atoms with Crippen LogP contribution in [-0.4, -0.2) is 43.0 Å². The first-order valence-electron chi connectivity index (χ1n) is 11.0. The van der Waals surface area contributed by atoms with Crippen molar-refractivity contribution in [1.82, 2.24) is 9.78 Å². The fourth-order valence-electron chi connectivity index (χ4n) is 3.74. The Morgan fingerprint density at radius 3 is 2.22 bits per heavy atom. The van der Waals surface area contributed by atoms with Gasteiger partial charge in [-0.15, -0.1) is 0 Å². The van der Waals surface area contributed by atoms with E-state index in [1.807, 2.05) is 0 Å². The van der Waals surface area contributed by atoms with Crippen LogP contribution in [0.2, 0.25) is 0 Å². The quantitative estimate of drug-likeness (QED) is 0.310. The minimum absolute atomic E-state index is 0.0974. The van der Waals surface area contributed by atoms with Gasteiger partial charge in [0.1, 0.15) is 29.4 Å². The molecule has 0 N–H and O–H groups in total. The Balaban J connectivity index is 1.84. The average Bonchev–Trinajstić information content (AvgIpc) is 3.33. The van der Waals surface area contributed by atoms with E-state index in [-0.39, 0.29) is 29.3 Å². The summed E-state index contributed by atoms with van der Waals surface area (Å²) in [6, 6.07) is 16.6. The average molecular weight is 508 g/mol. The van der Waals surface area contributed by atoms with E-state index >= 15 is 0 Å². The maximum Gasteiger partial charge on any atom is 0.357 e. The maximum atomic E-state index is 14.1. The first-order chi connectivity index (χ1) is 17.9. The molecule has 0 radical (unpaired) electrons. The number of para-hydroxylation sites is 1. The Hall–Kier alpha value is -4.73. The van der Waals surface area contributed by atoms with Crippen molar-refractivity contribution in [3.63, 3.8) is 0 Å². The molecule has 1 aromatic heterocycles. The smallest absolute Gasteiger partial charge is 0.357 e. The lowest BCUT2D eigenvalue weighted by molar-refractivity contribution is 0.0549. The number of carbonyl (C=O) groups excluding carboxylic acids is 2. The fourth-order valence-corrected chi connectivity index (χ4v) is 3.74. The molecule has 0 fully saturated rings. The van der Waals surface area contributed by atoms with Crippen molar-refractivity contribution in [2.24, 2.45) is 0 Å². The second-order valence-electron chi connectivity index (χ2n) is 7.69. The Morgan fingerprint density at radius 2 is 1.57 bits per heavy atom. The van der Waals surface area contributed by atoms with Crippen LogP contribution in [0.1, 0.15) is 26.4 Å². The van der Waals surface area contributed by atoms with Crippen LogP contribution < -0.4 is 9.47 Å². The lowest BCUT2D eigenvalue weighted by Gasteiger charge is -2.12. The Bertz CT molecular complexity index is 1450. The third-order valence-corrected chi connectivity index (χ3v) is 5.49. The second kappa shape index (κ2) is 10.9. The zero-order chi connectivity index (χ0) is 26.5. The van der Waals surface area contributed by atoms with Crippen LogP contribution in [0.3, 0.4) is 0 Å². The van der Waals surface area contributed by atoms with E-state index in [4.69, 9.17) is 18.9 Å². The largest absolute Gasteiger partial charge is 0.496 e. The fraction of sp³-hybridized carbons (Fsp3) is 0.148. The van der Waals surface area contributed by atoms with Gasteiger partial charge in [0.15, 0.2) is 17.3 Å². The van der Waals surface area contributed by atoms with Crippen LogP contribution in [0.15, 0.2) is 66.7 Å². The number of ether oxygens (including phenoxy) is 4. The van der Waals surface area contributed by atoms with Gasteiger partial charge in [0, 0.05) is 17.2 Å². The van der Waals surface area contributed by atoms with E-state index in [9.17, 15) is 18.4 Å². The number of benzene rings is 3. The molecule has 4 aromatic rings. The molecule has 0 bridgehead atoms. The van der Waals surface area contributed by atoms with Crippen molar-refractivity contribution in [2.75, 3.05) is 21.3 Å². The van der Waals surface area contributed by atoms with Crippen molar-refractivity contribution in [3.05, 3.63) is 95.2 Å². The van der Waals surface area contributed by atoms with Gasteiger partial charge in [-0.25, -0.2) is 23.1 Å². The summed E-state index contributed by atoms with van der Waals surface area (Å²) in [5.41, 5.74) is 1.36. The third-order valence-electron chi connectivity index (χ3n) is 5.49. The molecule has 0 saturated heterocycles. The van der Waals surface area contributed by atoms with Gasteiger partial charge in [0.25, 0.3) is 0 Å². The van der Waals surface area contributed by atoms with Gasteiger partial charge >= 0.3 is 11.9 Å². The van der Waals surface area contributed by atoms with E-state index in [1.54, 1.807) is 48.5 Å². The Morgan fingerprint density at radius 1 is 0.865 bits per heavy atom. The molecule has 37 heavy (non-hydrogen) atoms. The van der Waals surface area contributed by atoms with Crippen LogP contribution >= 0.6 is 0 Å². The predicted octanol–water partition coefficient (Wildman–Crippen LogP) is 4.98. The first-order valence-corrected chi connectivity index (χ1v) is 11.0. The highest BCUT2D eigenvalue weighted by atomic mass is 19.1. The van der Waals surface area contributed by atoms with Gasteiger partial charge in [-0.3, -0.25) is 0 Å². The SMILES string of the molecule is COC(=O)c1c(-c2ccc(OC)c(COc3ccc(F)cc3F)c2)nn(-c2ccccc2)c1C(=O)OC. The number of esters is 2. The molecule has 0 atom stereocenters. The van der Waals surface area contributed by atoms with Gasteiger partial charge in [0.05, 0.1) is 27.0 Å². The molecule has 10 heteroatoms. The zero-order valence-electron chi connectivity index (χ0n) is 20.2. The molecule has 1 heterocycles. The van der Waals surface area contributed by atoms with Gasteiger partial charge in [-0.05, 0) is 42.5 Å². The molecule has 0 aliphatic rings. The molecule has 4 rings (SSSR count). The van der Waals surface area contributed by atoms with E-state index in [2.05, 4.69) is 5.10 Å². The summed E-state index contributed by atoms with van der Waals surface area (Å²) in [6.45, 7) is -0.142. The van der Waals surface area contributed by atoms with Crippen LogP contribution in [0.25, 0.3) is 16.9 Å². The van der Waals surface area contributed by atoms with Crippen LogP contribution in [0, 0.1) is 11.6 Å². The zero-order valence-corrected chi connectivity index (χ0v) is 20.2. The summed E-state index contributed by atoms with van der Waals surface area (Å²) in [6.07, 6.45) is 0. The number of nitrogens with zero attached hydrogens (tertiary/aromatic N) is 2. The molecule has 8 nitrogen and oxygen atoms in total. The molecule has 3 aromatic carbocycles. The highest BCUT2D eigenvalue weighted by Crippen LogP contribution is 2.33. The molecule has 0 unspecified atom stereocenters. The molecule has 0 aliphatic heterocycles. The number of hydrogen-bond donors (Lipinski definition) is 0. The van der Waals surface area contributed by atoms with E-state index in [1.165, 1.54) is 32.1 Å². The summed E-state index contributed by atoms with van der Waals surface area (Å²) in [5.74, 6) is -2.89. The number of rotatable bonds is 8. The Kier molecular flexibility index (Phi) is 7.47. The number of carbonyl (C=O) groups is 2. The van der Waals surface area contributed by atoms with E-state index in [0.717, 1.165) is 12.1 Å². The van der Waals surface area contributed by atoms with Crippen molar-refractivity contribution < 1.29 is 37.3 Å². The minimum atomic E-state index is -0.854. The van der Waals surface area contributed by atoms with Gasteiger partial charge in [0.2, 0.25) is 0 Å². The van der Waals surface area contributed by atoms with Crippen molar-refractivity contribution in [1.29, 1.82) is 0 Å². The van der Waals surface area contributed by atoms with Gasteiger partial charge in [-0.1, -0.05) is 18.2 Å². The summed E-state index contributed by atoms with van der Waals surface area (Å²) < 4.78 is 49.5. The highest BCUT2D eigenvalue weighted by molar-refractivity contribution is 6.06. The molecule has 190 valence electrons. The normalized spacial score (nSPS) is 10.6. The first kappa shape index (κ1) is 25.4. The molecule has 0 aliphatic carbocycles. The summed E-state index contributed by atoms with van der Waals surface area (Å²) in [7, 11) is 3.84. The van der Waals surface area contributed by atoms with Crippen LogP contribution in [0.4, 0.5) is 8.78 Å². The van der Waals surface area contributed by atoms with Gasteiger partial charge < -0.3 is 18.9 Å². The monoisotopic (exact) mass is 508 g/mol. The molecule has 0 saturated carbocycles. The number of aromatic nitrogens is 2. The summed E-state index contributed by atoms with van der Waals surface area (Å²) >= 11 is 0. The number of halogens is 2.